The molecule has 0 spiro atoms. The van der Waals surface area contributed by atoms with Crippen LogP contribution in [0.2, 0.25) is 0 Å². The Bertz CT molecular complexity index is 307. The van der Waals surface area contributed by atoms with Crippen molar-refractivity contribution in [2.24, 2.45) is 0 Å². The highest BCUT2D eigenvalue weighted by molar-refractivity contribution is 5.54. The lowest BCUT2D eigenvalue weighted by molar-refractivity contribution is -0.137. The van der Waals surface area contributed by atoms with Crippen LogP contribution in [0, 0.1) is 13.8 Å². The third-order valence-electron chi connectivity index (χ3n) is 1.92. The van der Waals surface area contributed by atoms with Gasteiger partial charge in [0.2, 0.25) is 0 Å². The highest BCUT2D eigenvalue weighted by Gasteiger charge is 2.31. The molecular formula is C13H22F3N. The Morgan fingerprint density at radius 2 is 1.18 bits per heavy atom. The maximum Gasteiger partial charge on any atom is 0.416 e. The summed E-state index contributed by atoms with van der Waals surface area (Å²) in [5.41, 5.74) is 6.24. The van der Waals surface area contributed by atoms with E-state index in [1.54, 1.807) is 13.8 Å². The third kappa shape index (κ3) is 5.61. The molecule has 0 saturated heterocycles. The molecular weight excluding hydrogens is 227 g/mol. The van der Waals surface area contributed by atoms with Crippen molar-refractivity contribution in [1.29, 1.82) is 0 Å². The lowest BCUT2D eigenvalue weighted by Crippen LogP contribution is -2.07. The fourth-order valence-electron chi connectivity index (χ4n) is 1.14. The molecule has 1 nitrogen and oxygen atoms in total. The lowest BCUT2D eigenvalue weighted by Gasteiger charge is -2.11. The van der Waals surface area contributed by atoms with Crippen LogP contribution in [-0.2, 0) is 6.18 Å². The molecule has 100 valence electrons. The van der Waals surface area contributed by atoms with Crippen LogP contribution in [0.5, 0.6) is 0 Å². The average Bonchev–Trinajstić information content (AvgIpc) is 2.29. The van der Waals surface area contributed by atoms with E-state index < -0.39 is 11.7 Å². The molecule has 0 heterocycles. The van der Waals surface area contributed by atoms with Gasteiger partial charge in [-0.2, -0.15) is 13.2 Å². The van der Waals surface area contributed by atoms with Gasteiger partial charge in [-0.25, -0.2) is 0 Å². The van der Waals surface area contributed by atoms with Crippen molar-refractivity contribution >= 4 is 5.69 Å². The molecule has 0 amide bonds. The molecule has 0 unspecified atom stereocenters. The fraction of sp³-hybridized carbons (Fsp3) is 0.538. The van der Waals surface area contributed by atoms with Crippen LogP contribution in [0.4, 0.5) is 18.9 Å². The first kappa shape index (κ1) is 18.2. The molecule has 0 aliphatic carbocycles. The number of nitrogen functional groups attached to an aromatic ring is 1. The van der Waals surface area contributed by atoms with Gasteiger partial charge in [-0.15, -0.1) is 0 Å². The lowest BCUT2D eigenvalue weighted by atomic mass is 10.0. The minimum Gasteiger partial charge on any atom is -0.398 e. The minimum absolute atomic E-state index is 0.424. The number of hydrogen-bond acceptors (Lipinski definition) is 1. The van der Waals surface area contributed by atoms with Gasteiger partial charge in [0.15, 0.2) is 0 Å². The second kappa shape index (κ2) is 7.98. The van der Waals surface area contributed by atoms with Crippen molar-refractivity contribution in [3.63, 3.8) is 0 Å². The monoisotopic (exact) mass is 249 g/mol. The molecule has 1 rings (SSSR count). The van der Waals surface area contributed by atoms with Crippen molar-refractivity contribution in [2.45, 2.75) is 47.7 Å². The zero-order valence-corrected chi connectivity index (χ0v) is 11.4. The number of alkyl halides is 3. The molecule has 17 heavy (non-hydrogen) atoms. The van der Waals surface area contributed by atoms with E-state index in [0.717, 1.165) is 12.1 Å². The Morgan fingerprint density at radius 3 is 1.41 bits per heavy atom. The first-order valence-electron chi connectivity index (χ1n) is 5.76. The highest BCUT2D eigenvalue weighted by atomic mass is 19.4. The van der Waals surface area contributed by atoms with Gasteiger partial charge in [0.05, 0.1) is 5.56 Å². The van der Waals surface area contributed by atoms with Gasteiger partial charge in [-0.1, -0.05) is 27.7 Å². The standard InChI is InChI=1S/C9H10F3N.2C2H6/c1-5-3-7(9(10,11)12)4-6(2)8(5)13;2*1-2/h3-4H,13H2,1-2H3;2*1-2H3. The maximum absolute atomic E-state index is 12.2. The van der Waals surface area contributed by atoms with E-state index in [1.807, 2.05) is 27.7 Å². The van der Waals surface area contributed by atoms with Crippen LogP contribution < -0.4 is 5.73 Å². The van der Waals surface area contributed by atoms with Gasteiger partial charge < -0.3 is 5.73 Å². The van der Waals surface area contributed by atoms with Crippen molar-refractivity contribution in [2.75, 3.05) is 5.73 Å². The second-order valence-corrected chi connectivity index (χ2v) is 3.02. The molecule has 2 N–H and O–H groups in total. The number of anilines is 1. The SMILES string of the molecule is CC.CC.Cc1cc(C(F)(F)F)cc(C)c1N. The molecule has 0 bridgehead atoms. The number of hydrogen-bond donors (Lipinski definition) is 1. The number of halogens is 3. The summed E-state index contributed by atoms with van der Waals surface area (Å²) in [4.78, 5) is 0. The zero-order chi connectivity index (χ0) is 14.2. The van der Waals surface area contributed by atoms with E-state index in [2.05, 4.69) is 0 Å². The van der Waals surface area contributed by atoms with Crippen LogP contribution in [0.25, 0.3) is 0 Å². The molecule has 0 atom stereocenters. The Morgan fingerprint density at radius 1 is 0.882 bits per heavy atom. The first-order chi connectivity index (χ1) is 7.82. The fourth-order valence-corrected chi connectivity index (χ4v) is 1.14. The summed E-state index contributed by atoms with van der Waals surface area (Å²) in [5, 5.41) is 0. The topological polar surface area (TPSA) is 26.0 Å². The number of benzene rings is 1. The van der Waals surface area contributed by atoms with Crippen molar-refractivity contribution in [3.8, 4) is 0 Å². The molecule has 1 aromatic rings. The summed E-state index contributed by atoms with van der Waals surface area (Å²) in [7, 11) is 0. The van der Waals surface area contributed by atoms with E-state index in [-0.39, 0.29) is 0 Å². The number of aryl methyl sites for hydroxylation is 2. The maximum atomic E-state index is 12.2. The van der Waals surface area contributed by atoms with Crippen LogP contribution in [0.1, 0.15) is 44.4 Å². The molecule has 0 saturated carbocycles. The summed E-state index contributed by atoms with van der Waals surface area (Å²) < 4.78 is 36.7. The van der Waals surface area contributed by atoms with E-state index in [9.17, 15) is 13.2 Å². The minimum atomic E-state index is -4.29. The van der Waals surface area contributed by atoms with Crippen molar-refractivity contribution < 1.29 is 13.2 Å². The van der Waals surface area contributed by atoms with Crippen LogP contribution in [-0.4, -0.2) is 0 Å². The molecule has 0 aliphatic heterocycles. The summed E-state index contributed by atoms with van der Waals surface area (Å²) in [5.74, 6) is 0. The largest absolute Gasteiger partial charge is 0.416 e. The van der Waals surface area contributed by atoms with Gasteiger partial charge in [-0.05, 0) is 37.1 Å². The van der Waals surface area contributed by atoms with E-state index in [4.69, 9.17) is 5.73 Å². The molecule has 1 aromatic carbocycles. The van der Waals surface area contributed by atoms with Gasteiger partial charge in [0, 0.05) is 5.69 Å². The Hall–Kier alpha value is -1.19. The van der Waals surface area contributed by atoms with Gasteiger partial charge in [-0.3, -0.25) is 0 Å². The quantitative estimate of drug-likeness (QED) is 0.646. The van der Waals surface area contributed by atoms with Gasteiger partial charge in [0.1, 0.15) is 0 Å². The summed E-state index contributed by atoms with van der Waals surface area (Å²) in [6, 6.07) is 2.12. The van der Waals surface area contributed by atoms with E-state index >= 15 is 0 Å². The summed E-state index contributed by atoms with van der Waals surface area (Å²) in [6.45, 7) is 11.1. The van der Waals surface area contributed by atoms with Gasteiger partial charge >= 0.3 is 6.18 Å². The summed E-state index contributed by atoms with van der Waals surface area (Å²) in [6.07, 6.45) is -4.29. The zero-order valence-electron chi connectivity index (χ0n) is 11.4. The van der Waals surface area contributed by atoms with Crippen LogP contribution >= 0.6 is 0 Å². The van der Waals surface area contributed by atoms with Crippen molar-refractivity contribution in [1.82, 2.24) is 0 Å². The second-order valence-electron chi connectivity index (χ2n) is 3.02. The first-order valence-corrected chi connectivity index (χ1v) is 5.76. The third-order valence-corrected chi connectivity index (χ3v) is 1.92. The number of nitrogens with two attached hydrogens (primary N) is 1. The molecule has 0 radical (unpaired) electrons. The molecule has 0 aromatic heterocycles. The van der Waals surface area contributed by atoms with Crippen LogP contribution in [0.3, 0.4) is 0 Å². The predicted molar refractivity (Wildman–Crippen MR) is 68.0 cm³/mol. The normalized spacial score (nSPS) is 9.71. The van der Waals surface area contributed by atoms with Crippen LogP contribution in [0.15, 0.2) is 12.1 Å². The number of rotatable bonds is 0. The average molecular weight is 249 g/mol. The molecule has 4 heteroatoms. The smallest absolute Gasteiger partial charge is 0.398 e. The van der Waals surface area contributed by atoms with Crippen molar-refractivity contribution in [3.05, 3.63) is 28.8 Å². The Labute approximate surface area is 102 Å². The van der Waals surface area contributed by atoms with E-state index in [1.165, 1.54) is 0 Å². The molecule has 0 fully saturated rings. The highest BCUT2D eigenvalue weighted by Crippen LogP contribution is 2.32. The van der Waals surface area contributed by atoms with E-state index in [0.29, 0.717) is 16.8 Å². The summed E-state index contributed by atoms with van der Waals surface area (Å²) >= 11 is 0. The predicted octanol–water partition coefficient (Wildman–Crippen LogP) is 4.96. The van der Waals surface area contributed by atoms with Gasteiger partial charge in [0.25, 0.3) is 0 Å². The Kier molecular flexibility index (Phi) is 8.54. The Balaban J connectivity index is 0. The molecule has 0 aliphatic rings.